The van der Waals surface area contributed by atoms with E-state index in [2.05, 4.69) is 10.0 Å². The summed E-state index contributed by atoms with van der Waals surface area (Å²) in [5.74, 6) is -0.310. The summed E-state index contributed by atoms with van der Waals surface area (Å²) in [5.41, 5.74) is -0.373. The van der Waals surface area contributed by atoms with Gasteiger partial charge in [-0.15, -0.1) is 0 Å². The van der Waals surface area contributed by atoms with Crippen LogP contribution in [-0.2, 0) is 10.0 Å². The summed E-state index contributed by atoms with van der Waals surface area (Å²) in [5, 5.41) is 2.93. The van der Waals surface area contributed by atoms with Gasteiger partial charge >= 0.3 is 0 Å². The highest BCUT2D eigenvalue weighted by atomic mass is 35.5. The molecule has 0 radical (unpaired) electrons. The Balaban J connectivity index is 3.11. The predicted octanol–water partition coefficient (Wildman–Crippen LogP) is 3.34. The van der Waals surface area contributed by atoms with Crippen molar-refractivity contribution in [2.45, 2.75) is 63.9 Å². The van der Waals surface area contributed by atoms with Crippen LogP contribution in [0.3, 0.4) is 0 Å². The summed E-state index contributed by atoms with van der Waals surface area (Å²) in [6, 6.07) is 4.28. The van der Waals surface area contributed by atoms with Crippen molar-refractivity contribution in [1.29, 1.82) is 0 Å². The lowest BCUT2D eigenvalue weighted by molar-refractivity contribution is 0.0938. The van der Waals surface area contributed by atoms with Crippen molar-refractivity contribution in [1.82, 2.24) is 10.0 Å². The second-order valence-electron chi connectivity index (χ2n) is 6.66. The van der Waals surface area contributed by atoms with E-state index >= 15 is 0 Å². The highest BCUT2D eigenvalue weighted by molar-refractivity contribution is 7.89. The number of amides is 1. The van der Waals surface area contributed by atoms with Gasteiger partial charge in [0.2, 0.25) is 10.0 Å². The van der Waals surface area contributed by atoms with Gasteiger partial charge in [0.05, 0.1) is 5.02 Å². The van der Waals surface area contributed by atoms with Gasteiger partial charge in [-0.05, 0) is 52.3 Å². The van der Waals surface area contributed by atoms with Crippen molar-refractivity contribution in [3.63, 3.8) is 0 Å². The third kappa shape index (κ3) is 6.12. The Morgan fingerprint density at radius 3 is 2.43 bits per heavy atom. The molecule has 0 saturated heterocycles. The molecule has 0 aliphatic heterocycles. The molecule has 0 saturated carbocycles. The molecule has 0 spiro atoms. The molecule has 5 nitrogen and oxygen atoms in total. The van der Waals surface area contributed by atoms with Crippen LogP contribution in [0, 0.1) is 0 Å². The van der Waals surface area contributed by atoms with Gasteiger partial charge in [0.1, 0.15) is 4.90 Å². The molecule has 0 aliphatic carbocycles. The van der Waals surface area contributed by atoms with Crippen molar-refractivity contribution in [2.24, 2.45) is 0 Å². The molecular formula is C16H25ClN2O3S. The Kier molecular flexibility index (Phi) is 6.62. The zero-order valence-corrected chi connectivity index (χ0v) is 15.8. The van der Waals surface area contributed by atoms with E-state index in [4.69, 9.17) is 11.6 Å². The number of halogens is 1. The first-order valence-corrected chi connectivity index (χ1v) is 9.47. The smallest absolute Gasteiger partial charge is 0.251 e. The molecule has 0 aliphatic rings. The Morgan fingerprint density at radius 1 is 1.30 bits per heavy atom. The normalized spacial score (nSPS) is 13.7. The molecule has 0 bridgehead atoms. The molecule has 2 N–H and O–H groups in total. The summed E-state index contributed by atoms with van der Waals surface area (Å²) in [6.07, 6.45) is 1.81. The molecule has 0 aromatic heterocycles. The average molecular weight is 361 g/mol. The van der Waals surface area contributed by atoms with E-state index in [0.717, 1.165) is 12.8 Å². The number of hydrogen-bond acceptors (Lipinski definition) is 3. The summed E-state index contributed by atoms with van der Waals surface area (Å²) in [6.45, 7) is 9.16. The lowest BCUT2D eigenvalue weighted by atomic mass is 10.1. The van der Waals surface area contributed by atoms with Gasteiger partial charge in [0.25, 0.3) is 5.91 Å². The molecule has 1 rings (SSSR count). The maximum atomic E-state index is 12.4. The number of nitrogens with one attached hydrogen (secondary N) is 2. The van der Waals surface area contributed by atoms with Crippen molar-refractivity contribution in [3.05, 3.63) is 28.8 Å². The van der Waals surface area contributed by atoms with E-state index < -0.39 is 15.6 Å². The Morgan fingerprint density at radius 2 is 1.91 bits per heavy atom. The van der Waals surface area contributed by atoms with E-state index in [-0.39, 0.29) is 27.4 Å². The number of hydrogen-bond donors (Lipinski definition) is 2. The van der Waals surface area contributed by atoms with Crippen LogP contribution in [0.1, 0.15) is 57.8 Å². The first-order valence-electron chi connectivity index (χ1n) is 7.60. The monoisotopic (exact) mass is 360 g/mol. The SMILES string of the molecule is CCCC(C)NC(=O)c1ccc(Cl)c(S(=O)(=O)NC(C)(C)C)c1. The van der Waals surface area contributed by atoms with Gasteiger partial charge in [-0.25, -0.2) is 13.1 Å². The average Bonchev–Trinajstić information content (AvgIpc) is 2.36. The third-order valence-corrected chi connectivity index (χ3v) is 5.26. The van der Waals surface area contributed by atoms with Gasteiger partial charge in [0, 0.05) is 17.1 Å². The number of rotatable bonds is 6. The van der Waals surface area contributed by atoms with Crippen LogP contribution < -0.4 is 10.0 Å². The zero-order valence-electron chi connectivity index (χ0n) is 14.2. The first kappa shape index (κ1) is 19.9. The summed E-state index contributed by atoms with van der Waals surface area (Å²) >= 11 is 6.02. The topological polar surface area (TPSA) is 75.3 Å². The largest absolute Gasteiger partial charge is 0.350 e. The minimum absolute atomic E-state index is 0.0240. The standard InChI is InChI=1S/C16H25ClN2O3S/c1-6-7-11(2)18-15(20)12-8-9-13(17)14(10-12)23(21,22)19-16(3,4)5/h8-11,19H,6-7H2,1-5H3,(H,18,20). The fourth-order valence-electron chi connectivity index (χ4n) is 2.12. The van der Waals surface area contributed by atoms with Gasteiger partial charge in [0.15, 0.2) is 0 Å². The number of sulfonamides is 1. The molecule has 1 aromatic rings. The Hall–Kier alpha value is -1.11. The molecule has 1 aromatic carbocycles. The van der Waals surface area contributed by atoms with Gasteiger partial charge in [-0.2, -0.15) is 0 Å². The maximum Gasteiger partial charge on any atom is 0.251 e. The highest BCUT2D eigenvalue weighted by Gasteiger charge is 2.25. The quantitative estimate of drug-likeness (QED) is 0.816. The van der Waals surface area contributed by atoms with Gasteiger partial charge in [-0.1, -0.05) is 24.9 Å². The summed E-state index contributed by atoms with van der Waals surface area (Å²) in [7, 11) is -3.81. The lowest BCUT2D eigenvalue weighted by Gasteiger charge is -2.21. The minimum atomic E-state index is -3.81. The first-order chi connectivity index (χ1) is 10.5. The van der Waals surface area contributed by atoms with Crippen LogP contribution in [-0.4, -0.2) is 25.9 Å². The lowest BCUT2D eigenvalue weighted by Crippen LogP contribution is -2.40. The number of carbonyl (C=O) groups excluding carboxylic acids is 1. The van der Waals surface area contributed by atoms with Crippen LogP contribution in [0.2, 0.25) is 5.02 Å². The molecule has 1 amide bonds. The van der Waals surface area contributed by atoms with E-state index in [1.54, 1.807) is 20.8 Å². The van der Waals surface area contributed by atoms with E-state index in [0.29, 0.717) is 0 Å². The van der Waals surface area contributed by atoms with Crippen molar-refractivity contribution < 1.29 is 13.2 Å². The molecule has 0 heterocycles. The molecule has 1 unspecified atom stereocenters. The molecular weight excluding hydrogens is 336 g/mol. The highest BCUT2D eigenvalue weighted by Crippen LogP contribution is 2.24. The van der Waals surface area contributed by atoms with Crippen molar-refractivity contribution in [2.75, 3.05) is 0 Å². The maximum absolute atomic E-state index is 12.4. The third-order valence-electron chi connectivity index (χ3n) is 3.02. The Bertz CT molecular complexity index is 666. The molecule has 7 heteroatoms. The fraction of sp³-hybridized carbons (Fsp3) is 0.562. The molecule has 130 valence electrons. The number of carbonyl (C=O) groups is 1. The van der Waals surface area contributed by atoms with E-state index in [1.165, 1.54) is 18.2 Å². The van der Waals surface area contributed by atoms with Crippen LogP contribution in [0.15, 0.2) is 23.1 Å². The van der Waals surface area contributed by atoms with Crippen molar-refractivity contribution in [3.8, 4) is 0 Å². The molecule has 1 atom stereocenters. The number of benzene rings is 1. The van der Waals surface area contributed by atoms with Gasteiger partial charge in [-0.3, -0.25) is 4.79 Å². The van der Waals surface area contributed by atoms with Crippen LogP contribution in [0.25, 0.3) is 0 Å². The predicted molar refractivity (Wildman–Crippen MR) is 93.4 cm³/mol. The van der Waals surface area contributed by atoms with Gasteiger partial charge < -0.3 is 5.32 Å². The fourth-order valence-corrected chi connectivity index (χ4v) is 4.07. The molecule has 0 fully saturated rings. The second kappa shape index (κ2) is 7.64. The van der Waals surface area contributed by atoms with Crippen LogP contribution in [0.5, 0.6) is 0 Å². The van der Waals surface area contributed by atoms with Crippen LogP contribution >= 0.6 is 11.6 Å². The van der Waals surface area contributed by atoms with Crippen LogP contribution in [0.4, 0.5) is 0 Å². The minimum Gasteiger partial charge on any atom is -0.350 e. The summed E-state index contributed by atoms with van der Waals surface area (Å²) in [4.78, 5) is 12.1. The van der Waals surface area contributed by atoms with E-state index in [1.807, 2.05) is 13.8 Å². The van der Waals surface area contributed by atoms with Crippen molar-refractivity contribution >= 4 is 27.5 Å². The van der Waals surface area contributed by atoms with E-state index in [9.17, 15) is 13.2 Å². The molecule has 23 heavy (non-hydrogen) atoms. The second-order valence-corrected chi connectivity index (χ2v) is 8.72. The summed E-state index contributed by atoms with van der Waals surface area (Å²) < 4.78 is 27.4. The zero-order chi connectivity index (χ0) is 17.8. The Labute approximate surface area is 143 Å².